The van der Waals surface area contributed by atoms with Gasteiger partial charge in [-0.1, -0.05) is 42.5 Å². The van der Waals surface area contributed by atoms with Gasteiger partial charge in [0.2, 0.25) is 0 Å². The molecule has 2 heteroatoms. The van der Waals surface area contributed by atoms with Crippen LogP contribution in [0, 0.1) is 5.92 Å². The van der Waals surface area contributed by atoms with Crippen LogP contribution in [0.1, 0.15) is 19.3 Å². The van der Waals surface area contributed by atoms with Crippen molar-refractivity contribution in [3.63, 3.8) is 0 Å². The molecule has 0 spiro atoms. The Morgan fingerprint density at radius 2 is 1.71 bits per heavy atom. The van der Waals surface area contributed by atoms with Crippen molar-refractivity contribution in [2.24, 2.45) is 5.92 Å². The van der Waals surface area contributed by atoms with Crippen LogP contribution in [0.25, 0.3) is 11.1 Å². The minimum absolute atomic E-state index is 0.842. The Kier molecular flexibility index (Phi) is 4.90. The SMILES string of the molecule is c1ccc(-c2ccc(NCCC3CCCNC3)cc2)cc1. The number of anilines is 1. The molecule has 0 bridgehead atoms. The van der Waals surface area contributed by atoms with E-state index in [1.54, 1.807) is 0 Å². The highest BCUT2D eigenvalue weighted by Gasteiger charge is 2.11. The van der Waals surface area contributed by atoms with Gasteiger partial charge in [0.15, 0.2) is 0 Å². The van der Waals surface area contributed by atoms with Crippen molar-refractivity contribution < 1.29 is 0 Å². The standard InChI is InChI=1S/C19H24N2/c1-2-6-17(7-3-1)18-8-10-19(11-9-18)21-14-12-16-5-4-13-20-15-16/h1-3,6-11,16,20-21H,4-5,12-15H2. The molecule has 1 fully saturated rings. The molecular weight excluding hydrogens is 256 g/mol. The Balaban J connectivity index is 1.50. The van der Waals surface area contributed by atoms with Gasteiger partial charge in [0.05, 0.1) is 0 Å². The summed E-state index contributed by atoms with van der Waals surface area (Å²) in [5.41, 5.74) is 3.77. The summed E-state index contributed by atoms with van der Waals surface area (Å²) in [5.74, 6) is 0.842. The first-order valence-electron chi connectivity index (χ1n) is 8.02. The fourth-order valence-electron chi connectivity index (χ4n) is 3.00. The predicted molar refractivity (Wildman–Crippen MR) is 90.6 cm³/mol. The first-order valence-corrected chi connectivity index (χ1v) is 8.02. The molecule has 2 aromatic carbocycles. The summed E-state index contributed by atoms with van der Waals surface area (Å²) in [6.45, 7) is 3.45. The average Bonchev–Trinajstić information content (AvgIpc) is 2.57. The van der Waals surface area contributed by atoms with Crippen molar-refractivity contribution in [3.05, 3.63) is 54.6 Å². The molecule has 1 aliphatic heterocycles. The smallest absolute Gasteiger partial charge is 0.0340 e. The van der Waals surface area contributed by atoms with Gasteiger partial charge in [-0.25, -0.2) is 0 Å². The lowest BCUT2D eigenvalue weighted by molar-refractivity contribution is 0.364. The number of nitrogens with one attached hydrogen (secondary N) is 2. The van der Waals surface area contributed by atoms with Crippen molar-refractivity contribution in [2.45, 2.75) is 19.3 Å². The molecule has 2 nitrogen and oxygen atoms in total. The van der Waals surface area contributed by atoms with Crippen molar-refractivity contribution in [3.8, 4) is 11.1 Å². The van der Waals surface area contributed by atoms with Crippen LogP contribution in [-0.4, -0.2) is 19.6 Å². The number of benzene rings is 2. The quantitative estimate of drug-likeness (QED) is 0.859. The summed E-state index contributed by atoms with van der Waals surface area (Å²) in [5, 5.41) is 7.02. The normalized spacial score (nSPS) is 18.4. The fourth-order valence-corrected chi connectivity index (χ4v) is 3.00. The van der Waals surface area contributed by atoms with E-state index < -0.39 is 0 Å². The average molecular weight is 280 g/mol. The van der Waals surface area contributed by atoms with Gasteiger partial charge in [0.1, 0.15) is 0 Å². The number of hydrogen-bond acceptors (Lipinski definition) is 2. The second kappa shape index (κ2) is 7.28. The van der Waals surface area contributed by atoms with Crippen LogP contribution in [-0.2, 0) is 0 Å². The Hall–Kier alpha value is -1.80. The molecule has 2 aromatic rings. The molecule has 1 heterocycles. The number of piperidine rings is 1. The highest BCUT2D eigenvalue weighted by molar-refractivity contribution is 5.65. The van der Waals surface area contributed by atoms with Crippen LogP contribution >= 0.6 is 0 Å². The van der Waals surface area contributed by atoms with Crippen LogP contribution in [0.15, 0.2) is 54.6 Å². The van der Waals surface area contributed by atoms with E-state index in [-0.39, 0.29) is 0 Å². The highest BCUT2D eigenvalue weighted by Crippen LogP contribution is 2.21. The molecule has 1 unspecified atom stereocenters. The molecular formula is C19H24N2. The second-order valence-corrected chi connectivity index (χ2v) is 5.87. The molecule has 0 saturated carbocycles. The van der Waals surface area contributed by atoms with E-state index in [1.165, 1.54) is 49.2 Å². The molecule has 110 valence electrons. The largest absolute Gasteiger partial charge is 0.385 e. The van der Waals surface area contributed by atoms with Crippen molar-refractivity contribution in [2.75, 3.05) is 25.0 Å². The first kappa shape index (κ1) is 14.2. The van der Waals surface area contributed by atoms with Gasteiger partial charge < -0.3 is 10.6 Å². The van der Waals surface area contributed by atoms with E-state index in [1.807, 2.05) is 0 Å². The number of hydrogen-bond donors (Lipinski definition) is 2. The van der Waals surface area contributed by atoms with Crippen molar-refractivity contribution in [1.82, 2.24) is 5.32 Å². The van der Waals surface area contributed by atoms with Gasteiger partial charge in [-0.2, -0.15) is 0 Å². The summed E-state index contributed by atoms with van der Waals surface area (Å²) in [7, 11) is 0. The summed E-state index contributed by atoms with van der Waals surface area (Å²) >= 11 is 0. The zero-order valence-electron chi connectivity index (χ0n) is 12.5. The molecule has 2 N–H and O–H groups in total. The lowest BCUT2D eigenvalue weighted by atomic mass is 9.96. The Labute approximate surface area is 127 Å². The lowest BCUT2D eigenvalue weighted by Gasteiger charge is -2.22. The fraction of sp³-hybridized carbons (Fsp3) is 0.368. The molecule has 0 aromatic heterocycles. The molecule has 0 radical (unpaired) electrons. The number of rotatable bonds is 5. The van der Waals surface area contributed by atoms with Crippen LogP contribution in [0.4, 0.5) is 5.69 Å². The molecule has 21 heavy (non-hydrogen) atoms. The minimum Gasteiger partial charge on any atom is -0.385 e. The second-order valence-electron chi connectivity index (χ2n) is 5.87. The van der Waals surface area contributed by atoms with E-state index in [4.69, 9.17) is 0 Å². The van der Waals surface area contributed by atoms with Gasteiger partial charge in [-0.15, -0.1) is 0 Å². The van der Waals surface area contributed by atoms with Gasteiger partial charge in [0.25, 0.3) is 0 Å². The molecule has 1 aliphatic rings. The van der Waals surface area contributed by atoms with E-state index in [0.717, 1.165) is 12.5 Å². The predicted octanol–water partition coefficient (Wildman–Crippen LogP) is 4.16. The van der Waals surface area contributed by atoms with E-state index >= 15 is 0 Å². The summed E-state index contributed by atoms with van der Waals surface area (Å²) in [4.78, 5) is 0. The summed E-state index contributed by atoms with van der Waals surface area (Å²) in [6, 6.07) is 19.3. The van der Waals surface area contributed by atoms with Gasteiger partial charge in [-0.3, -0.25) is 0 Å². The van der Waals surface area contributed by atoms with Crippen LogP contribution in [0.3, 0.4) is 0 Å². The molecule has 1 atom stereocenters. The third-order valence-electron chi connectivity index (χ3n) is 4.27. The van der Waals surface area contributed by atoms with Gasteiger partial charge in [0, 0.05) is 12.2 Å². The van der Waals surface area contributed by atoms with E-state index in [2.05, 4.69) is 65.2 Å². The zero-order chi connectivity index (χ0) is 14.3. The maximum Gasteiger partial charge on any atom is 0.0340 e. The van der Waals surface area contributed by atoms with E-state index in [9.17, 15) is 0 Å². The maximum atomic E-state index is 3.54. The molecule has 0 aliphatic carbocycles. The summed E-state index contributed by atoms with van der Waals surface area (Å²) < 4.78 is 0. The first-order chi connectivity index (χ1) is 10.4. The molecule has 3 rings (SSSR count). The highest BCUT2D eigenvalue weighted by atomic mass is 14.9. The Morgan fingerprint density at radius 1 is 0.952 bits per heavy atom. The molecule has 0 amide bonds. The zero-order valence-corrected chi connectivity index (χ0v) is 12.5. The Bertz CT molecular complexity index is 527. The van der Waals surface area contributed by atoms with Gasteiger partial charge >= 0.3 is 0 Å². The maximum absolute atomic E-state index is 3.54. The minimum atomic E-state index is 0.842. The molecule has 1 saturated heterocycles. The van der Waals surface area contributed by atoms with Crippen molar-refractivity contribution >= 4 is 5.69 Å². The monoisotopic (exact) mass is 280 g/mol. The topological polar surface area (TPSA) is 24.1 Å². The van der Waals surface area contributed by atoms with Crippen LogP contribution in [0.5, 0.6) is 0 Å². The summed E-state index contributed by atoms with van der Waals surface area (Å²) in [6.07, 6.45) is 3.96. The van der Waals surface area contributed by atoms with Crippen molar-refractivity contribution in [1.29, 1.82) is 0 Å². The van der Waals surface area contributed by atoms with Gasteiger partial charge in [-0.05, 0) is 61.5 Å². The third kappa shape index (κ3) is 4.08. The van der Waals surface area contributed by atoms with Crippen LogP contribution in [0.2, 0.25) is 0 Å². The van der Waals surface area contributed by atoms with Crippen LogP contribution < -0.4 is 10.6 Å². The lowest BCUT2D eigenvalue weighted by Crippen LogP contribution is -2.30. The Morgan fingerprint density at radius 3 is 2.43 bits per heavy atom. The third-order valence-corrected chi connectivity index (χ3v) is 4.27. The van der Waals surface area contributed by atoms with E-state index in [0.29, 0.717) is 0 Å².